The summed E-state index contributed by atoms with van der Waals surface area (Å²) in [5.41, 5.74) is 11.9. The van der Waals surface area contributed by atoms with Crippen LogP contribution in [0.4, 0.5) is 11.5 Å². The molecule has 9 nitrogen and oxygen atoms in total. The molecular formula is C24H24N6O3S. The average molecular weight is 477 g/mol. The number of nitrogens with two attached hydrogens (primary N) is 1. The molecule has 1 saturated heterocycles. The first kappa shape index (κ1) is 22.2. The van der Waals surface area contributed by atoms with Crippen LogP contribution in [-0.2, 0) is 9.47 Å². The minimum absolute atomic E-state index is 0.171. The molecule has 1 aliphatic rings. The minimum Gasteiger partial charge on any atom is -0.484 e. The summed E-state index contributed by atoms with van der Waals surface area (Å²) >= 11 is 1.59. The number of anilines is 2. The van der Waals surface area contributed by atoms with Crippen molar-refractivity contribution in [2.45, 2.75) is 12.2 Å². The van der Waals surface area contributed by atoms with Crippen molar-refractivity contribution in [2.24, 2.45) is 10.7 Å². The maximum atomic E-state index is 6.45. The zero-order chi connectivity index (χ0) is 23.5. The number of nitrogens with zero attached hydrogens (tertiary/aromatic N) is 4. The number of benzene rings is 2. The van der Waals surface area contributed by atoms with Gasteiger partial charge < -0.3 is 25.3 Å². The molecule has 0 spiro atoms. The third kappa shape index (κ3) is 4.30. The van der Waals surface area contributed by atoms with E-state index in [1.807, 2.05) is 29.8 Å². The summed E-state index contributed by atoms with van der Waals surface area (Å²) in [6.07, 6.45) is 4.30. The Balaban J connectivity index is 1.62. The molecule has 0 saturated carbocycles. The number of nitrogens with one attached hydrogen (secondary N) is 1. The Hall–Kier alpha value is -3.60. The number of allylic oxidation sites excluding steroid dienone is 1. The van der Waals surface area contributed by atoms with Crippen LogP contribution in [-0.4, -0.2) is 60.7 Å². The maximum absolute atomic E-state index is 6.45. The molecule has 174 valence electrons. The van der Waals surface area contributed by atoms with E-state index in [1.54, 1.807) is 31.7 Å². The summed E-state index contributed by atoms with van der Waals surface area (Å²) in [7, 11) is 3.36. The fourth-order valence-electron chi connectivity index (χ4n) is 3.94. The van der Waals surface area contributed by atoms with Gasteiger partial charge in [0.1, 0.15) is 24.0 Å². The number of methoxy groups -OCH3 is 1. The molecule has 2 aromatic carbocycles. The van der Waals surface area contributed by atoms with E-state index < -0.39 is 0 Å². The Bertz CT molecular complexity index is 1390. The Kier molecular flexibility index (Phi) is 6.35. The van der Waals surface area contributed by atoms with Crippen LogP contribution in [0.2, 0.25) is 0 Å². The lowest BCUT2D eigenvalue weighted by Gasteiger charge is -2.21. The molecule has 34 heavy (non-hydrogen) atoms. The number of fused-ring (bicyclic) bond motifs is 2. The fraction of sp³-hybridized carbons (Fsp3) is 0.250. The van der Waals surface area contributed by atoms with Crippen LogP contribution in [0, 0.1) is 0 Å². The molecule has 0 aliphatic carbocycles. The van der Waals surface area contributed by atoms with E-state index in [0.717, 1.165) is 32.4 Å². The van der Waals surface area contributed by atoms with Gasteiger partial charge in [0.05, 0.1) is 39.8 Å². The third-order valence-corrected chi connectivity index (χ3v) is 6.43. The van der Waals surface area contributed by atoms with Crippen molar-refractivity contribution < 1.29 is 14.2 Å². The summed E-state index contributed by atoms with van der Waals surface area (Å²) in [5, 5.41) is 4.18. The molecule has 1 fully saturated rings. The van der Waals surface area contributed by atoms with Crippen LogP contribution >= 0.6 is 11.3 Å². The van der Waals surface area contributed by atoms with Gasteiger partial charge in [-0.05, 0) is 35.9 Å². The lowest BCUT2D eigenvalue weighted by atomic mass is 10.0. The van der Waals surface area contributed by atoms with Crippen molar-refractivity contribution in [3.63, 3.8) is 0 Å². The first-order valence-electron chi connectivity index (χ1n) is 10.7. The molecule has 3 heterocycles. The Morgan fingerprint density at radius 1 is 1.18 bits per heavy atom. The highest BCUT2D eigenvalue weighted by molar-refractivity contribution is 7.16. The fourth-order valence-corrected chi connectivity index (χ4v) is 4.65. The summed E-state index contributed by atoms with van der Waals surface area (Å²) in [6, 6.07) is 9.88. The molecule has 0 bridgehead atoms. The van der Waals surface area contributed by atoms with Gasteiger partial charge in [0.25, 0.3) is 0 Å². The van der Waals surface area contributed by atoms with E-state index >= 15 is 0 Å². The van der Waals surface area contributed by atoms with E-state index in [9.17, 15) is 0 Å². The number of rotatable bonds is 7. The van der Waals surface area contributed by atoms with Crippen molar-refractivity contribution in [3.8, 4) is 5.75 Å². The van der Waals surface area contributed by atoms with E-state index in [-0.39, 0.29) is 12.2 Å². The van der Waals surface area contributed by atoms with Gasteiger partial charge in [0.2, 0.25) is 0 Å². The number of hydrogen-bond donors (Lipinski definition) is 2. The van der Waals surface area contributed by atoms with Gasteiger partial charge in [-0.1, -0.05) is 0 Å². The second-order valence-corrected chi connectivity index (χ2v) is 8.61. The monoisotopic (exact) mass is 476 g/mol. The Morgan fingerprint density at radius 3 is 2.88 bits per heavy atom. The first-order chi connectivity index (χ1) is 16.7. The number of thiazole rings is 1. The highest BCUT2D eigenvalue weighted by Crippen LogP contribution is 2.36. The zero-order valence-electron chi connectivity index (χ0n) is 18.8. The quantitative estimate of drug-likeness (QED) is 0.387. The molecule has 2 aromatic heterocycles. The number of aliphatic imine (C=N–C) groups is 1. The van der Waals surface area contributed by atoms with Gasteiger partial charge in [-0.25, -0.2) is 15.0 Å². The van der Waals surface area contributed by atoms with Crippen LogP contribution in [0.25, 0.3) is 26.7 Å². The van der Waals surface area contributed by atoms with Crippen LogP contribution in [0.5, 0.6) is 5.75 Å². The van der Waals surface area contributed by atoms with Crippen molar-refractivity contribution in [2.75, 3.05) is 32.7 Å². The molecule has 5 rings (SSSR count). The lowest BCUT2D eigenvalue weighted by Crippen LogP contribution is -2.31. The maximum Gasteiger partial charge on any atom is 0.150 e. The minimum atomic E-state index is -0.268. The van der Waals surface area contributed by atoms with Crippen molar-refractivity contribution >= 4 is 55.7 Å². The number of aromatic nitrogens is 3. The number of ether oxygens (including phenoxy) is 3. The lowest BCUT2D eigenvalue weighted by molar-refractivity contribution is 0.0332. The molecular weight excluding hydrogens is 452 g/mol. The van der Waals surface area contributed by atoms with Crippen LogP contribution in [0.15, 0.2) is 53.4 Å². The predicted octanol–water partition coefficient (Wildman–Crippen LogP) is 3.78. The highest BCUT2D eigenvalue weighted by Gasteiger charge is 2.31. The average Bonchev–Trinajstić information content (AvgIpc) is 3.51. The van der Waals surface area contributed by atoms with E-state index in [2.05, 4.69) is 31.3 Å². The second kappa shape index (κ2) is 9.72. The third-order valence-electron chi connectivity index (χ3n) is 5.64. The Labute approximate surface area is 200 Å². The summed E-state index contributed by atoms with van der Waals surface area (Å²) in [5.74, 6) is 1.24. The summed E-state index contributed by atoms with van der Waals surface area (Å²) in [6.45, 7) is 0.907. The van der Waals surface area contributed by atoms with Crippen molar-refractivity contribution in [3.05, 3.63) is 53.9 Å². The van der Waals surface area contributed by atoms with Crippen molar-refractivity contribution in [1.82, 2.24) is 15.0 Å². The van der Waals surface area contributed by atoms with Gasteiger partial charge in [-0.2, -0.15) is 0 Å². The van der Waals surface area contributed by atoms with Gasteiger partial charge in [0, 0.05) is 37.8 Å². The molecule has 1 aliphatic heterocycles. The number of hydrogen-bond acceptors (Lipinski definition) is 10. The van der Waals surface area contributed by atoms with Crippen LogP contribution in [0.1, 0.15) is 5.56 Å². The molecule has 0 amide bonds. The predicted molar refractivity (Wildman–Crippen MR) is 135 cm³/mol. The van der Waals surface area contributed by atoms with Crippen LogP contribution < -0.4 is 15.8 Å². The van der Waals surface area contributed by atoms with Crippen molar-refractivity contribution in [1.29, 1.82) is 0 Å². The van der Waals surface area contributed by atoms with Gasteiger partial charge in [0.15, 0.2) is 6.10 Å². The second-order valence-electron chi connectivity index (χ2n) is 7.73. The largest absolute Gasteiger partial charge is 0.484 e. The first-order valence-corrected chi connectivity index (χ1v) is 11.6. The van der Waals surface area contributed by atoms with Gasteiger partial charge in [-0.3, -0.25) is 4.99 Å². The van der Waals surface area contributed by atoms with E-state index in [0.29, 0.717) is 30.3 Å². The van der Waals surface area contributed by atoms with Gasteiger partial charge >= 0.3 is 0 Å². The summed E-state index contributed by atoms with van der Waals surface area (Å²) in [4.78, 5) is 17.5. The SMILES string of the molecule is CN=CC(=CN)c1cc(O[C@@H]2COC[C@H]2OC)c2c(Nc3ccc4ncsc4c3)ncnc2c1. The van der Waals surface area contributed by atoms with Crippen LogP contribution in [0.3, 0.4) is 0 Å². The molecule has 2 atom stereocenters. The normalized spacial score (nSPS) is 18.8. The molecule has 3 N–H and O–H groups in total. The van der Waals surface area contributed by atoms with Gasteiger partial charge in [-0.15, -0.1) is 11.3 Å². The van der Waals surface area contributed by atoms with E-state index in [4.69, 9.17) is 19.9 Å². The summed E-state index contributed by atoms with van der Waals surface area (Å²) < 4.78 is 18.7. The standard InChI is InChI=1S/C24H24N6O3S/c1-26-9-15(8-25)14-5-18-23(19(6-14)33-21-11-32-10-20(21)31-2)24(28-12-27-18)30-16-3-4-17-22(7-16)34-13-29-17/h3-9,12-13,20-21H,10-11,25H2,1-2H3,(H,27,28,30)/t20-,21-/m1/s1. The molecule has 10 heteroatoms. The van der Waals surface area contributed by atoms with E-state index in [1.165, 1.54) is 12.5 Å². The molecule has 0 radical (unpaired) electrons. The molecule has 4 aromatic rings. The molecule has 0 unspecified atom stereocenters. The smallest absolute Gasteiger partial charge is 0.150 e. The Morgan fingerprint density at radius 2 is 2.06 bits per heavy atom. The topological polar surface area (TPSA) is 117 Å². The zero-order valence-corrected chi connectivity index (χ0v) is 19.6. The highest BCUT2D eigenvalue weighted by atomic mass is 32.1.